The molecule has 0 aliphatic carbocycles. The van der Waals surface area contributed by atoms with Crippen LogP contribution in [-0.2, 0) is 4.79 Å². The van der Waals surface area contributed by atoms with E-state index in [-0.39, 0.29) is 11.7 Å². The van der Waals surface area contributed by atoms with Gasteiger partial charge in [-0.3, -0.25) is 4.79 Å². The van der Waals surface area contributed by atoms with Crippen LogP contribution in [0.25, 0.3) is 11.3 Å². The van der Waals surface area contributed by atoms with Gasteiger partial charge in [0.25, 0.3) is 0 Å². The number of hydrogen-bond acceptors (Lipinski definition) is 4. The van der Waals surface area contributed by atoms with Crippen molar-refractivity contribution in [2.45, 2.75) is 19.0 Å². The maximum Gasteiger partial charge on any atom is 0.234 e. The molecule has 0 aliphatic heterocycles. The summed E-state index contributed by atoms with van der Waals surface area (Å²) in [4.78, 5) is 21.2. The van der Waals surface area contributed by atoms with Gasteiger partial charge in [0.05, 0.1) is 11.4 Å². The first-order chi connectivity index (χ1) is 12.5. The van der Waals surface area contributed by atoms with Crippen molar-refractivity contribution in [1.82, 2.24) is 9.97 Å². The molecule has 3 aromatic rings. The number of benzene rings is 2. The molecule has 2 aromatic carbocycles. The topological polar surface area (TPSA) is 54.9 Å². The first-order valence-corrected chi connectivity index (χ1v) is 10.2. The molecule has 0 bridgehead atoms. The maximum absolute atomic E-state index is 12.2. The maximum atomic E-state index is 12.2. The van der Waals surface area contributed by atoms with Gasteiger partial charge in [0.1, 0.15) is 0 Å². The zero-order valence-corrected chi connectivity index (χ0v) is 17.5. The number of hydrogen-bond donors (Lipinski definition) is 1. The van der Waals surface area contributed by atoms with Crippen molar-refractivity contribution < 1.29 is 4.79 Å². The predicted octanol–water partition coefficient (Wildman–Crippen LogP) is 5.10. The number of halogens is 1. The molecule has 0 radical (unpaired) electrons. The van der Waals surface area contributed by atoms with Gasteiger partial charge in [0.15, 0.2) is 5.16 Å². The quantitative estimate of drug-likeness (QED) is 0.317. The molecule has 132 valence electrons. The number of thioether (sulfide) groups is 1. The Kier molecular flexibility index (Phi) is 6.26. The van der Waals surface area contributed by atoms with Crippen LogP contribution >= 0.6 is 34.4 Å². The minimum absolute atomic E-state index is 0.0711. The largest absolute Gasteiger partial charge is 0.325 e. The van der Waals surface area contributed by atoms with E-state index in [9.17, 15) is 4.79 Å². The molecule has 0 saturated carbocycles. The number of rotatable bonds is 5. The highest BCUT2D eigenvalue weighted by molar-refractivity contribution is 14.1. The second-order valence-electron chi connectivity index (χ2n) is 5.89. The van der Waals surface area contributed by atoms with Gasteiger partial charge in [-0.15, -0.1) is 0 Å². The van der Waals surface area contributed by atoms with E-state index >= 15 is 0 Å². The lowest BCUT2D eigenvalue weighted by Gasteiger charge is -2.07. The van der Waals surface area contributed by atoms with Gasteiger partial charge < -0.3 is 5.32 Å². The van der Waals surface area contributed by atoms with E-state index in [2.05, 4.69) is 69.1 Å². The Balaban J connectivity index is 1.66. The molecular weight excluding hydrogens is 457 g/mol. The molecule has 26 heavy (non-hydrogen) atoms. The van der Waals surface area contributed by atoms with Gasteiger partial charge in [0, 0.05) is 20.5 Å². The summed E-state index contributed by atoms with van der Waals surface area (Å²) in [5, 5.41) is 3.50. The van der Waals surface area contributed by atoms with E-state index in [0.29, 0.717) is 5.16 Å². The van der Waals surface area contributed by atoms with Crippen molar-refractivity contribution >= 4 is 45.9 Å². The van der Waals surface area contributed by atoms with E-state index in [1.165, 1.54) is 17.3 Å². The second-order valence-corrected chi connectivity index (χ2v) is 8.08. The molecule has 0 unspecified atom stereocenters. The van der Waals surface area contributed by atoms with Crippen LogP contribution in [0.5, 0.6) is 0 Å². The number of aromatic nitrogens is 2. The van der Waals surface area contributed by atoms with E-state index in [1.807, 2.05) is 37.3 Å². The molecule has 4 nitrogen and oxygen atoms in total. The van der Waals surface area contributed by atoms with Crippen LogP contribution in [0.1, 0.15) is 11.3 Å². The minimum atomic E-state index is -0.0711. The molecule has 0 aliphatic rings. The molecule has 0 saturated heterocycles. The summed E-state index contributed by atoms with van der Waals surface area (Å²) in [6.07, 6.45) is 0. The second kappa shape index (κ2) is 8.64. The number of carbonyl (C=O) groups excluding carboxylic acids is 1. The lowest BCUT2D eigenvalue weighted by molar-refractivity contribution is -0.113. The standard InChI is InChI=1S/C20H18IN3OS/c1-13-3-5-15(6-4-13)18-11-14(2)22-20(24-18)26-12-19(25)23-17-9-7-16(21)8-10-17/h3-11H,12H2,1-2H3,(H,23,25). The average Bonchev–Trinajstić information content (AvgIpc) is 2.62. The molecule has 1 heterocycles. The van der Waals surface area contributed by atoms with E-state index in [4.69, 9.17) is 0 Å². The molecule has 1 aromatic heterocycles. The van der Waals surface area contributed by atoms with Gasteiger partial charge in [0.2, 0.25) is 5.91 Å². The Morgan fingerprint density at radius 3 is 2.42 bits per heavy atom. The Morgan fingerprint density at radius 2 is 1.73 bits per heavy atom. The Morgan fingerprint density at radius 1 is 1.04 bits per heavy atom. The van der Waals surface area contributed by atoms with Crippen molar-refractivity contribution in [3.63, 3.8) is 0 Å². The number of amides is 1. The third-order valence-electron chi connectivity index (χ3n) is 3.64. The van der Waals surface area contributed by atoms with Crippen LogP contribution < -0.4 is 5.32 Å². The summed E-state index contributed by atoms with van der Waals surface area (Å²) in [7, 11) is 0. The van der Waals surface area contributed by atoms with Gasteiger partial charge in [-0.25, -0.2) is 9.97 Å². The zero-order valence-electron chi connectivity index (χ0n) is 14.5. The highest BCUT2D eigenvalue weighted by Crippen LogP contribution is 2.22. The minimum Gasteiger partial charge on any atom is -0.325 e. The number of anilines is 1. The summed E-state index contributed by atoms with van der Waals surface area (Å²) >= 11 is 3.58. The van der Waals surface area contributed by atoms with Crippen molar-refractivity contribution in [3.05, 3.63) is 69.4 Å². The predicted molar refractivity (Wildman–Crippen MR) is 115 cm³/mol. The normalized spacial score (nSPS) is 10.6. The fourth-order valence-corrected chi connectivity index (χ4v) is 3.40. The van der Waals surface area contributed by atoms with Crippen molar-refractivity contribution in [1.29, 1.82) is 0 Å². The monoisotopic (exact) mass is 475 g/mol. The molecule has 3 rings (SSSR count). The smallest absolute Gasteiger partial charge is 0.234 e. The highest BCUT2D eigenvalue weighted by atomic mass is 127. The molecule has 6 heteroatoms. The van der Waals surface area contributed by atoms with Crippen molar-refractivity contribution in [2.75, 3.05) is 11.1 Å². The third-order valence-corrected chi connectivity index (χ3v) is 5.21. The Hall–Kier alpha value is -1.93. The summed E-state index contributed by atoms with van der Waals surface area (Å²) in [6.45, 7) is 4.00. The van der Waals surface area contributed by atoms with Crippen LogP contribution in [0.15, 0.2) is 59.8 Å². The first kappa shape index (κ1) is 18.8. The fourth-order valence-electron chi connectivity index (χ4n) is 2.34. The third kappa shape index (κ3) is 5.28. The number of aryl methyl sites for hydroxylation is 2. The van der Waals surface area contributed by atoms with Crippen LogP contribution in [0.2, 0.25) is 0 Å². The van der Waals surface area contributed by atoms with E-state index in [0.717, 1.165) is 26.2 Å². The fraction of sp³-hybridized carbons (Fsp3) is 0.150. The summed E-state index contributed by atoms with van der Waals surface area (Å²) < 4.78 is 1.13. The lowest BCUT2D eigenvalue weighted by Crippen LogP contribution is -2.14. The lowest BCUT2D eigenvalue weighted by atomic mass is 10.1. The Labute approximate surface area is 171 Å². The van der Waals surface area contributed by atoms with Crippen LogP contribution in [-0.4, -0.2) is 21.6 Å². The van der Waals surface area contributed by atoms with Gasteiger partial charge in [-0.05, 0) is 66.8 Å². The van der Waals surface area contributed by atoms with E-state index in [1.54, 1.807) is 0 Å². The van der Waals surface area contributed by atoms with Crippen LogP contribution in [0.4, 0.5) is 5.69 Å². The average molecular weight is 475 g/mol. The van der Waals surface area contributed by atoms with Crippen molar-refractivity contribution in [3.8, 4) is 11.3 Å². The SMILES string of the molecule is Cc1ccc(-c2cc(C)nc(SCC(=O)Nc3ccc(I)cc3)n2)cc1. The molecule has 0 atom stereocenters. The van der Waals surface area contributed by atoms with Crippen LogP contribution in [0.3, 0.4) is 0 Å². The number of carbonyl (C=O) groups is 1. The van der Waals surface area contributed by atoms with E-state index < -0.39 is 0 Å². The molecule has 0 spiro atoms. The summed E-state index contributed by atoms with van der Waals surface area (Å²) in [5.41, 5.74) is 4.81. The highest BCUT2D eigenvalue weighted by Gasteiger charge is 2.09. The van der Waals surface area contributed by atoms with Gasteiger partial charge in [-0.2, -0.15) is 0 Å². The number of nitrogens with one attached hydrogen (secondary N) is 1. The summed E-state index contributed by atoms with van der Waals surface area (Å²) in [5.74, 6) is 0.196. The summed E-state index contributed by atoms with van der Waals surface area (Å²) in [6, 6.07) is 17.9. The number of nitrogens with zero attached hydrogens (tertiary/aromatic N) is 2. The molecule has 1 N–H and O–H groups in total. The van der Waals surface area contributed by atoms with Crippen molar-refractivity contribution in [2.24, 2.45) is 0 Å². The molecule has 1 amide bonds. The molecular formula is C20H18IN3OS. The van der Waals surface area contributed by atoms with Crippen LogP contribution in [0, 0.1) is 17.4 Å². The van der Waals surface area contributed by atoms with Gasteiger partial charge in [-0.1, -0.05) is 41.6 Å². The Bertz CT molecular complexity index is 911. The zero-order chi connectivity index (χ0) is 18.5. The molecule has 0 fully saturated rings. The van der Waals surface area contributed by atoms with Gasteiger partial charge >= 0.3 is 0 Å². The first-order valence-electron chi connectivity index (χ1n) is 8.10.